The van der Waals surface area contributed by atoms with Crippen molar-refractivity contribution in [3.8, 4) is 0 Å². The quantitative estimate of drug-likeness (QED) is 0.133. The molecule has 0 heterocycles. The zero-order chi connectivity index (χ0) is 21.9. The zero-order valence-electron chi connectivity index (χ0n) is 19.4. The number of carboxylic acid groups (broad SMARTS) is 1. The molecule has 0 aromatic rings. The van der Waals surface area contributed by atoms with Crippen LogP contribution in [0, 0.1) is 11.8 Å². The second kappa shape index (κ2) is 18.4. The summed E-state index contributed by atoms with van der Waals surface area (Å²) in [7, 11) is 0. The number of esters is 1. The van der Waals surface area contributed by atoms with Crippen LogP contribution < -0.4 is 0 Å². The molecule has 1 N–H and O–H groups in total. The van der Waals surface area contributed by atoms with Gasteiger partial charge in [-0.1, -0.05) is 115 Å². The maximum atomic E-state index is 12.1. The van der Waals surface area contributed by atoms with E-state index in [1.165, 1.54) is 89.9 Å². The van der Waals surface area contributed by atoms with E-state index in [1.54, 1.807) is 6.08 Å². The van der Waals surface area contributed by atoms with E-state index in [1.807, 2.05) is 6.08 Å². The summed E-state index contributed by atoms with van der Waals surface area (Å²) in [5.41, 5.74) is 0. The molecule has 0 radical (unpaired) electrons. The number of carboxylic acids is 1. The van der Waals surface area contributed by atoms with Gasteiger partial charge in [0.2, 0.25) is 0 Å². The number of allylic oxidation sites excluding steroid dienone is 1. The molecule has 0 aromatic carbocycles. The van der Waals surface area contributed by atoms with Gasteiger partial charge in [-0.15, -0.1) is 0 Å². The number of aliphatic carboxylic acids is 1. The molecule has 0 fully saturated rings. The van der Waals surface area contributed by atoms with Crippen LogP contribution in [0.25, 0.3) is 0 Å². The largest absolute Gasteiger partial charge is 0.481 e. The molecule has 0 saturated carbocycles. The van der Waals surface area contributed by atoms with Gasteiger partial charge in [0.15, 0.2) is 0 Å². The Morgan fingerprint density at radius 2 is 1.27 bits per heavy atom. The van der Waals surface area contributed by atoms with E-state index < -0.39 is 17.8 Å². The lowest BCUT2D eigenvalue weighted by atomic mass is 9.84. The summed E-state index contributed by atoms with van der Waals surface area (Å²) in [4.78, 5) is 23.4. The highest BCUT2D eigenvalue weighted by Gasteiger charge is 2.34. The van der Waals surface area contributed by atoms with E-state index in [0.29, 0.717) is 13.0 Å². The third kappa shape index (κ3) is 13.1. The van der Waals surface area contributed by atoms with Crippen molar-refractivity contribution in [3.63, 3.8) is 0 Å². The fourth-order valence-corrected chi connectivity index (χ4v) is 4.27. The number of hydrogen-bond acceptors (Lipinski definition) is 3. The smallest absolute Gasteiger partial charge is 0.313 e. The number of hydrogen-bond donors (Lipinski definition) is 1. The number of rotatable bonds is 19. The first kappa shape index (κ1) is 26.7. The van der Waals surface area contributed by atoms with Crippen LogP contribution in [-0.2, 0) is 14.3 Å². The fraction of sp³-hybridized carbons (Fsp3) is 0.846. The molecule has 0 spiro atoms. The normalized spacial score (nSPS) is 18.4. The summed E-state index contributed by atoms with van der Waals surface area (Å²) in [6.07, 6.45) is 25.9. The van der Waals surface area contributed by atoms with Gasteiger partial charge in [0.05, 0.1) is 18.4 Å². The lowest BCUT2D eigenvalue weighted by molar-refractivity contribution is -0.156. The van der Waals surface area contributed by atoms with Gasteiger partial charge in [-0.2, -0.15) is 0 Å². The number of carbonyl (C=O) groups excluding carboxylic acids is 1. The third-order valence-corrected chi connectivity index (χ3v) is 6.25. The topological polar surface area (TPSA) is 63.6 Å². The first-order valence-corrected chi connectivity index (χ1v) is 12.7. The van der Waals surface area contributed by atoms with E-state index >= 15 is 0 Å². The van der Waals surface area contributed by atoms with Gasteiger partial charge in [0.25, 0.3) is 0 Å². The molecule has 1 rings (SSSR count). The summed E-state index contributed by atoms with van der Waals surface area (Å²) in [5.74, 6) is -2.52. The predicted molar refractivity (Wildman–Crippen MR) is 123 cm³/mol. The minimum Gasteiger partial charge on any atom is -0.481 e. The molecule has 2 unspecified atom stereocenters. The summed E-state index contributed by atoms with van der Waals surface area (Å²) in [6.45, 7) is 2.68. The minimum atomic E-state index is -0.899. The number of carbonyl (C=O) groups is 2. The van der Waals surface area contributed by atoms with Crippen LogP contribution in [0.5, 0.6) is 0 Å². The van der Waals surface area contributed by atoms with E-state index in [4.69, 9.17) is 4.74 Å². The van der Waals surface area contributed by atoms with Gasteiger partial charge in [-0.05, 0) is 19.3 Å². The monoisotopic (exact) mass is 422 g/mol. The lowest BCUT2D eigenvalue weighted by Gasteiger charge is -2.22. The SMILES string of the molecule is CCCCCCCCCCCCCCCCCCOC(=O)C1C=CCCC1C(=O)O. The summed E-state index contributed by atoms with van der Waals surface area (Å²) >= 11 is 0. The Morgan fingerprint density at radius 3 is 1.73 bits per heavy atom. The second-order valence-electron chi connectivity index (χ2n) is 8.95. The number of ether oxygens (including phenoxy) is 1. The van der Waals surface area contributed by atoms with Gasteiger partial charge in [0.1, 0.15) is 0 Å². The highest BCUT2D eigenvalue weighted by molar-refractivity contribution is 5.83. The van der Waals surface area contributed by atoms with Gasteiger partial charge in [-0.25, -0.2) is 0 Å². The molecule has 4 nitrogen and oxygen atoms in total. The van der Waals surface area contributed by atoms with Crippen LogP contribution in [0.1, 0.15) is 122 Å². The Balaban J connectivity index is 1.85. The van der Waals surface area contributed by atoms with Crippen molar-refractivity contribution in [1.82, 2.24) is 0 Å². The molecule has 1 aliphatic carbocycles. The molecule has 0 aliphatic heterocycles. The Kier molecular flexibility index (Phi) is 16.4. The van der Waals surface area contributed by atoms with E-state index in [9.17, 15) is 14.7 Å². The summed E-state index contributed by atoms with van der Waals surface area (Å²) < 4.78 is 5.33. The van der Waals surface area contributed by atoms with Gasteiger partial charge in [-0.3, -0.25) is 9.59 Å². The molecular formula is C26H46O4. The fourth-order valence-electron chi connectivity index (χ4n) is 4.27. The minimum absolute atomic E-state index is 0.376. The van der Waals surface area contributed by atoms with Gasteiger partial charge in [0, 0.05) is 0 Å². The zero-order valence-corrected chi connectivity index (χ0v) is 19.4. The highest BCUT2D eigenvalue weighted by Crippen LogP contribution is 2.26. The highest BCUT2D eigenvalue weighted by atomic mass is 16.5. The predicted octanol–water partition coefficient (Wildman–Crippen LogP) is 7.46. The van der Waals surface area contributed by atoms with Crippen molar-refractivity contribution in [3.05, 3.63) is 12.2 Å². The van der Waals surface area contributed by atoms with Gasteiger partial charge >= 0.3 is 11.9 Å². The van der Waals surface area contributed by atoms with Crippen molar-refractivity contribution < 1.29 is 19.4 Å². The Labute approximate surface area is 184 Å². The molecule has 0 aromatic heterocycles. The Bertz CT molecular complexity index is 472. The molecule has 30 heavy (non-hydrogen) atoms. The van der Waals surface area contributed by atoms with Crippen LogP contribution in [-0.4, -0.2) is 23.7 Å². The van der Waals surface area contributed by atoms with E-state index in [-0.39, 0.29) is 5.97 Å². The first-order chi connectivity index (χ1) is 14.7. The van der Waals surface area contributed by atoms with Crippen LogP contribution in [0.15, 0.2) is 12.2 Å². The molecule has 4 heteroatoms. The standard InChI is InChI=1S/C26H46O4/c1-2-3-4-5-6-7-8-9-10-11-12-13-14-15-16-19-22-30-26(29)24-21-18-17-20-23(24)25(27)28/h18,21,23-24H,2-17,19-20,22H2,1H3,(H,27,28). The van der Waals surface area contributed by atoms with Crippen molar-refractivity contribution in [2.45, 2.75) is 122 Å². The Morgan fingerprint density at radius 1 is 0.800 bits per heavy atom. The Hall–Kier alpha value is -1.32. The van der Waals surface area contributed by atoms with Crippen molar-refractivity contribution in [2.75, 3.05) is 6.61 Å². The molecule has 174 valence electrons. The molecule has 0 saturated heterocycles. The van der Waals surface area contributed by atoms with Crippen molar-refractivity contribution in [2.24, 2.45) is 11.8 Å². The molecule has 0 amide bonds. The molecule has 2 atom stereocenters. The second-order valence-corrected chi connectivity index (χ2v) is 8.95. The first-order valence-electron chi connectivity index (χ1n) is 12.7. The van der Waals surface area contributed by atoms with Crippen LogP contribution in [0.4, 0.5) is 0 Å². The van der Waals surface area contributed by atoms with Crippen molar-refractivity contribution >= 4 is 11.9 Å². The number of unbranched alkanes of at least 4 members (excludes halogenated alkanes) is 15. The summed E-state index contributed by atoms with van der Waals surface area (Å²) in [6, 6.07) is 0. The van der Waals surface area contributed by atoms with Gasteiger partial charge < -0.3 is 9.84 Å². The molecular weight excluding hydrogens is 376 g/mol. The van der Waals surface area contributed by atoms with Crippen LogP contribution in [0.3, 0.4) is 0 Å². The van der Waals surface area contributed by atoms with Crippen molar-refractivity contribution in [1.29, 1.82) is 0 Å². The van der Waals surface area contributed by atoms with E-state index in [0.717, 1.165) is 19.3 Å². The van der Waals surface area contributed by atoms with Crippen LogP contribution >= 0.6 is 0 Å². The average molecular weight is 423 g/mol. The molecule has 1 aliphatic rings. The molecule has 0 bridgehead atoms. The maximum absolute atomic E-state index is 12.1. The summed E-state index contributed by atoms with van der Waals surface area (Å²) in [5, 5.41) is 9.24. The average Bonchev–Trinajstić information content (AvgIpc) is 2.75. The van der Waals surface area contributed by atoms with Crippen LogP contribution in [0.2, 0.25) is 0 Å². The lowest BCUT2D eigenvalue weighted by Crippen LogP contribution is -2.31. The maximum Gasteiger partial charge on any atom is 0.313 e. The van der Waals surface area contributed by atoms with E-state index in [2.05, 4.69) is 6.92 Å². The third-order valence-electron chi connectivity index (χ3n) is 6.25.